The van der Waals surface area contributed by atoms with E-state index in [0.29, 0.717) is 17.7 Å². The predicted octanol–water partition coefficient (Wildman–Crippen LogP) is 5.91. The first-order chi connectivity index (χ1) is 17.6. The van der Waals surface area contributed by atoms with Crippen molar-refractivity contribution in [3.8, 4) is 5.75 Å². The highest BCUT2D eigenvalue weighted by Crippen LogP contribution is 2.37. The number of sulfonamides is 1. The highest BCUT2D eigenvalue weighted by Gasteiger charge is 2.37. The smallest absolute Gasteiger partial charge is 0.416 e. The molecule has 0 aliphatic rings. The molecule has 0 radical (unpaired) electrons. The van der Waals surface area contributed by atoms with Gasteiger partial charge in [0.1, 0.15) is 16.7 Å². The molecule has 0 aromatic heterocycles. The number of hydrogen-bond donors (Lipinski definition) is 2. The lowest BCUT2D eigenvalue weighted by Crippen LogP contribution is -2.45. The Labute approximate surface area is 218 Å². The van der Waals surface area contributed by atoms with E-state index in [0.717, 1.165) is 6.07 Å². The maximum Gasteiger partial charge on any atom is 0.416 e. The second-order valence-electron chi connectivity index (χ2n) is 7.94. The molecule has 1 unspecified atom stereocenters. The Morgan fingerprint density at radius 1 is 0.921 bits per heavy atom. The Morgan fingerprint density at radius 2 is 1.50 bits per heavy atom. The molecule has 38 heavy (non-hydrogen) atoms. The van der Waals surface area contributed by atoms with Gasteiger partial charge < -0.3 is 10.1 Å². The fourth-order valence-corrected chi connectivity index (χ4v) is 5.03. The van der Waals surface area contributed by atoms with Gasteiger partial charge in [-0.2, -0.15) is 31.1 Å². The third-order valence-electron chi connectivity index (χ3n) is 5.17. The van der Waals surface area contributed by atoms with Crippen LogP contribution in [0.4, 0.5) is 32.0 Å². The minimum absolute atomic E-state index is 0.0267. The lowest BCUT2D eigenvalue weighted by atomic mass is 10.1. The Balaban J connectivity index is 2.01. The van der Waals surface area contributed by atoms with Crippen LogP contribution in [0.3, 0.4) is 0 Å². The maximum atomic E-state index is 13.2. The van der Waals surface area contributed by atoms with Crippen LogP contribution in [0.25, 0.3) is 0 Å². The fourth-order valence-electron chi connectivity index (χ4n) is 3.41. The number of ether oxygens (including phenoxy) is 1. The van der Waals surface area contributed by atoms with Crippen molar-refractivity contribution in [3.05, 3.63) is 88.4 Å². The van der Waals surface area contributed by atoms with E-state index in [4.69, 9.17) is 16.3 Å². The third-order valence-corrected chi connectivity index (χ3v) is 6.89. The number of halogens is 7. The standard InChI is InChI=1S/C24H19ClF6N2O4S/c1-37-20-8-7-17(25)13-21(20)38(35,36)33-19(9-14-5-3-2-4-6-14)22(34)32-18-11-15(23(26,27)28)10-16(12-18)24(29,30)31/h2-8,10-13,19,33H,9H2,1H3,(H,32,34). The van der Waals surface area contributed by atoms with Crippen LogP contribution in [-0.2, 0) is 33.6 Å². The highest BCUT2D eigenvalue weighted by molar-refractivity contribution is 7.89. The molecule has 0 heterocycles. The number of hydrogen-bond acceptors (Lipinski definition) is 4. The largest absolute Gasteiger partial charge is 0.495 e. The Hall–Kier alpha value is -3.29. The van der Waals surface area contributed by atoms with E-state index in [-0.39, 0.29) is 23.3 Å². The number of amides is 1. The van der Waals surface area contributed by atoms with Crippen LogP contribution < -0.4 is 14.8 Å². The summed E-state index contributed by atoms with van der Waals surface area (Å²) in [4.78, 5) is 12.7. The Morgan fingerprint density at radius 3 is 2.03 bits per heavy atom. The summed E-state index contributed by atoms with van der Waals surface area (Å²) in [6.45, 7) is 0. The van der Waals surface area contributed by atoms with E-state index in [1.807, 2.05) is 5.32 Å². The van der Waals surface area contributed by atoms with Crippen LogP contribution in [0, 0.1) is 0 Å². The second kappa shape index (κ2) is 11.2. The van der Waals surface area contributed by atoms with Crippen LogP contribution >= 0.6 is 11.6 Å². The number of carbonyl (C=O) groups is 1. The molecule has 3 aromatic carbocycles. The number of carbonyl (C=O) groups excluding carboxylic acids is 1. The molecule has 14 heteroatoms. The third kappa shape index (κ3) is 7.39. The van der Waals surface area contributed by atoms with E-state index < -0.39 is 56.0 Å². The normalized spacial score (nSPS) is 13.2. The molecule has 0 bridgehead atoms. The number of benzene rings is 3. The predicted molar refractivity (Wildman–Crippen MR) is 127 cm³/mol. The lowest BCUT2D eigenvalue weighted by Gasteiger charge is -2.21. The Kier molecular flexibility index (Phi) is 8.64. The van der Waals surface area contributed by atoms with Gasteiger partial charge in [0.05, 0.1) is 18.2 Å². The number of nitrogens with one attached hydrogen (secondary N) is 2. The summed E-state index contributed by atoms with van der Waals surface area (Å²) in [5.41, 5.74) is -3.67. The molecule has 6 nitrogen and oxygen atoms in total. The molecular weight excluding hydrogens is 562 g/mol. The van der Waals surface area contributed by atoms with Gasteiger partial charge in [-0.1, -0.05) is 41.9 Å². The van der Waals surface area contributed by atoms with E-state index >= 15 is 0 Å². The van der Waals surface area contributed by atoms with Crippen molar-refractivity contribution in [1.29, 1.82) is 0 Å². The van der Waals surface area contributed by atoms with Crippen molar-refractivity contribution in [1.82, 2.24) is 4.72 Å². The Bertz CT molecular complexity index is 1380. The zero-order valence-electron chi connectivity index (χ0n) is 19.3. The quantitative estimate of drug-likeness (QED) is 0.324. The molecule has 0 aliphatic heterocycles. The average Bonchev–Trinajstić information content (AvgIpc) is 2.83. The van der Waals surface area contributed by atoms with Crippen molar-refractivity contribution < 1.29 is 44.3 Å². The zero-order valence-corrected chi connectivity index (χ0v) is 20.9. The fraction of sp³-hybridized carbons (Fsp3) is 0.208. The molecule has 1 atom stereocenters. The number of methoxy groups -OCH3 is 1. The molecule has 2 N–H and O–H groups in total. The molecule has 1 amide bonds. The van der Waals surface area contributed by atoms with Crippen molar-refractivity contribution in [2.45, 2.75) is 29.7 Å². The van der Waals surface area contributed by atoms with Gasteiger partial charge >= 0.3 is 12.4 Å². The molecular formula is C24H19ClF6N2O4S. The van der Waals surface area contributed by atoms with Crippen LogP contribution in [0.2, 0.25) is 5.02 Å². The highest BCUT2D eigenvalue weighted by atomic mass is 35.5. The first-order valence-electron chi connectivity index (χ1n) is 10.6. The minimum Gasteiger partial charge on any atom is -0.495 e. The molecule has 204 valence electrons. The van der Waals surface area contributed by atoms with Crippen LogP contribution in [-0.4, -0.2) is 27.5 Å². The zero-order chi connectivity index (χ0) is 28.3. The summed E-state index contributed by atoms with van der Waals surface area (Å²) >= 11 is 5.91. The summed E-state index contributed by atoms with van der Waals surface area (Å²) in [6, 6.07) is 10.5. The second-order valence-corrected chi connectivity index (χ2v) is 10.1. The van der Waals surface area contributed by atoms with Gasteiger partial charge in [0.15, 0.2) is 0 Å². The monoisotopic (exact) mass is 580 g/mol. The molecule has 0 aliphatic carbocycles. The molecule has 0 fully saturated rings. The van der Waals surface area contributed by atoms with Crippen molar-refractivity contribution in [2.75, 3.05) is 12.4 Å². The van der Waals surface area contributed by atoms with Crippen LogP contribution in [0.15, 0.2) is 71.6 Å². The van der Waals surface area contributed by atoms with E-state index in [1.165, 1.54) is 19.2 Å². The molecule has 0 saturated carbocycles. The summed E-state index contributed by atoms with van der Waals surface area (Å²) in [6.07, 6.45) is -10.6. The molecule has 3 rings (SSSR count). The number of rotatable bonds is 8. The van der Waals surface area contributed by atoms with Gasteiger partial charge in [-0.05, 0) is 48.4 Å². The summed E-state index contributed by atoms with van der Waals surface area (Å²) in [7, 11) is -3.33. The molecule has 3 aromatic rings. The first kappa shape index (κ1) is 29.3. The molecule has 0 saturated heterocycles. The van der Waals surface area contributed by atoms with Gasteiger partial charge in [0.2, 0.25) is 15.9 Å². The van der Waals surface area contributed by atoms with Gasteiger partial charge in [0.25, 0.3) is 0 Å². The van der Waals surface area contributed by atoms with Crippen molar-refractivity contribution in [3.63, 3.8) is 0 Å². The lowest BCUT2D eigenvalue weighted by molar-refractivity contribution is -0.143. The summed E-state index contributed by atoms with van der Waals surface area (Å²) in [5, 5.41) is 2.00. The first-order valence-corrected chi connectivity index (χ1v) is 12.5. The van der Waals surface area contributed by atoms with Crippen LogP contribution in [0.1, 0.15) is 16.7 Å². The SMILES string of the molecule is COc1ccc(Cl)cc1S(=O)(=O)NC(Cc1ccccc1)C(=O)Nc1cc(C(F)(F)F)cc(C(F)(F)F)c1. The van der Waals surface area contributed by atoms with E-state index in [2.05, 4.69) is 4.72 Å². The summed E-state index contributed by atoms with van der Waals surface area (Å²) in [5.74, 6) is -1.32. The van der Waals surface area contributed by atoms with Gasteiger partial charge in [-0.15, -0.1) is 0 Å². The summed E-state index contributed by atoms with van der Waals surface area (Å²) < 4.78 is 113. The van der Waals surface area contributed by atoms with Crippen molar-refractivity contribution in [2.24, 2.45) is 0 Å². The molecule has 0 spiro atoms. The number of alkyl halides is 6. The van der Waals surface area contributed by atoms with Gasteiger partial charge in [-0.25, -0.2) is 8.42 Å². The minimum atomic E-state index is -5.14. The van der Waals surface area contributed by atoms with Crippen LogP contribution in [0.5, 0.6) is 5.75 Å². The number of anilines is 1. The maximum absolute atomic E-state index is 13.2. The average molecular weight is 581 g/mol. The topological polar surface area (TPSA) is 84.5 Å². The van der Waals surface area contributed by atoms with E-state index in [1.54, 1.807) is 30.3 Å². The van der Waals surface area contributed by atoms with Gasteiger partial charge in [0, 0.05) is 10.7 Å². The van der Waals surface area contributed by atoms with E-state index in [9.17, 15) is 39.6 Å². The van der Waals surface area contributed by atoms with Gasteiger partial charge in [-0.3, -0.25) is 4.79 Å². The van der Waals surface area contributed by atoms with Crippen molar-refractivity contribution >= 4 is 33.2 Å².